The third-order valence-corrected chi connectivity index (χ3v) is 5.09. The molecule has 0 atom stereocenters. The molecule has 2 aromatic carbocycles. The van der Waals surface area contributed by atoms with E-state index in [9.17, 15) is 4.79 Å². The van der Waals surface area contributed by atoms with Crippen molar-refractivity contribution in [2.24, 2.45) is 0 Å². The lowest BCUT2D eigenvalue weighted by Crippen LogP contribution is -2.41. The summed E-state index contributed by atoms with van der Waals surface area (Å²) in [6.07, 6.45) is 1.46. The second kappa shape index (κ2) is 8.21. The van der Waals surface area contributed by atoms with Crippen LogP contribution in [0.15, 0.2) is 60.6 Å². The van der Waals surface area contributed by atoms with Gasteiger partial charge in [0.05, 0.1) is 11.2 Å². The van der Waals surface area contributed by atoms with Crippen molar-refractivity contribution >= 4 is 25.0 Å². The van der Waals surface area contributed by atoms with Crippen molar-refractivity contribution < 1.29 is 18.8 Å². The van der Waals surface area contributed by atoms with Crippen molar-refractivity contribution in [2.75, 3.05) is 5.32 Å². The number of benzene rings is 2. The van der Waals surface area contributed by atoms with Crippen LogP contribution in [0.1, 0.15) is 38.8 Å². The number of hydrogen-bond donors (Lipinski definition) is 1. The highest BCUT2D eigenvalue weighted by atomic mass is 16.7. The van der Waals surface area contributed by atoms with Crippen LogP contribution in [-0.4, -0.2) is 24.4 Å². The molecule has 0 spiro atoms. The Morgan fingerprint density at radius 2 is 1.61 bits per heavy atom. The zero-order valence-corrected chi connectivity index (χ0v) is 16.8. The van der Waals surface area contributed by atoms with Gasteiger partial charge in [-0.05, 0) is 51.0 Å². The summed E-state index contributed by atoms with van der Waals surface area (Å²) in [5.41, 5.74) is 1.90. The van der Waals surface area contributed by atoms with Crippen molar-refractivity contribution in [3.63, 3.8) is 0 Å². The monoisotopic (exact) mass is 379 g/mol. The number of amides is 1. The number of hydrogen-bond acceptors (Lipinski definition) is 4. The fourth-order valence-corrected chi connectivity index (χ4v) is 2.71. The summed E-state index contributed by atoms with van der Waals surface area (Å²) in [6, 6.07) is 17.0. The Morgan fingerprint density at radius 1 is 1.00 bits per heavy atom. The summed E-state index contributed by atoms with van der Waals surface area (Å²) >= 11 is 0. The Balaban J connectivity index is 1.50. The molecule has 0 unspecified atom stereocenters. The predicted molar refractivity (Wildman–Crippen MR) is 112 cm³/mol. The van der Waals surface area contributed by atoms with E-state index in [1.807, 2.05) is 94.3 Å². The summed E-state index contributed by atoms with van der Waals surface area (Å²) < 4.78 is 17.1. The van der Waals surface area contributed by atoms with E-state index in [1.165, 1.54) is 0 Å². The maximum Gasteiger partial charge on any atom is 0.487 e. The van der Waals surface area contributed by atoms with Gasteiger partial charge in [0, 0.05) is 5.69 Å². The van der Waals surface area contributed by atoms with Crippen LogP contribution in [0.2, 0.25) is 0 Å². The second-order valence-electron chi connectivity index (χ2n) is 7.79. The molecular weight excluding hydrogens is 353 g/mol. The Morgan fingerprint density at radius 3 is 2.21 bits per heavy atom. The highest BCUT2D eigenvalue weighted by molar-refractivity contribution is 6.52. The van der Waals surface area contributed by atoms with Gasteiger partial charge in [0.15, 0.2) is 0 Å². The van der Waals surface area contributed by atoms with Crippen molar-refractivity contribution in [3.05, 3.63) is 71.7 Å². The largest absolute Gasteiger partial charge is 0.487 e. The lowest BCUT2D eigenvalue weighted by molar-refractivity contribution is 0.00578. The maximum absolute atomic E-state index is 11.9. The van der Waals surface area contributed by atoms with Gasteiger partial charge in [-0.1, -0.05) is 54.5 Å². The molecule has 0 saturated carbocycles. The van der Waals surface area contributed by atoms with E-state index in [0.717, 1.165) is 11.1 Å². The predicted octanol–water partition coefficient (Wildman–Crippen LogP) is 5.08. The molecule has 1 saturated heterocycles. The average Bonchev–Trinajstić information content (AvgIpc) is 2.87. The molecule has 1 aliphatic rings. The summed E-state index contributed by atoms with van der Waals surface area (Å²) in [6.45, 7) is 8.34. The fourth-order valence-electron chi connectivity index (χ4n) is 2.71. The molecule has 6 heteroatoms. The summed E-state index contributed by atoms with van der Waals surface area (Å²) in [5.74, 6) is 1.90. The molecular formula is C22H26BNO4. The third kappa shape index (κ3) is 5.03. The lowest BCUT2D eigenvalue weighted by atomic mass is 9.89. The molecule has 0 aliphatic carbocycles. The van der Waals surface area contributed by atoms with Gasteiger partial charge < -0.3 is 14.0 Å². The van der Waals surface area contributed by atoms with E-state index in [-0.39, 0.29) is 24.9 Å². The summed E-state index contributed by atoms with van der Waals surface area (Å²) in [5, 5.41) is 2.72. The molecule has 0 bridgehead atoms. The second-order valence-corrected chi connectivity index (χ2v) is 7.79. The molecule has 0 radical (unpaired) electrons. The Hall–Kier alpha value is -2.57. The molecule has 1 aliphatic heterocycles. The first kappa shape index (κ1) is 20.2. The Bertz CT molecular complexity index is 815. The molecule has 1 fully saturated rings. The van der Waals surface area contributed by atoms with E-state index in [0.29, 0.717) is 5.69 Å². The first-order valence-electron chi connectivity index (χ1n) is 9.37. The smallest absolute Gasteiger partial charge is 0.444 e. The minimum absolute atomic E-state index is 0.238. The summed E-state index contributed by atoms with van der Waals surface area (Å²) in [4.78, 5) is 11.9. The van der Waals surface area contributed by atoms with Gasteiger partial charge in [-0.2, -0.15) is 0 Å². The topological polar surface area (TPSA) is 56.8 Å². The molecule has 3 rings (SSSR count). The third-order valence-electron chi connectivity index (χ3n) is 5.09. The average molecular weight is 379 g/mol. The van der Waals surface area contributed by atoms with E-state index in [1.54, 1.807) is 0 Å². The van der Waals surface area contributed by atoms with Crippen LogP contribution in [0.3, 0.4) is 0 Å². The molecule has 2 aromatic rings. The zero-order chi connectivity index (χ0) is 20.2. The number of nitrogens with one attached hydrogen (secondary N) is 1. The van der Waals surface area contributed by atoms with Crippen LogP contribution in [0, 0.1) is 0 Å². The van der Waals surface area contributed by atoms with E-state index in [2.05, 4.69) is 5.32 Å². The highest BCUT2D eigenvalue weighted by Gasteiger charge is 2.49. The van der Waals surface area contributed by atoms with E-state index >= 15 is 0 Å². The number of ether oxygens (including phenoxy) is 1. The normalized spacial score (nSPS) is 17.6. The van der Waals surface area contributed by atoms with Crippen LogP contribution in [0.5, 0.6) is 0 Å². The van der Waals surface area contributed by atoms with E-state index in [4.69, 9.17) is 14.0 Å². The first-order valence-corrected chi connectivity index (χ1v) is 9.37. The molecule has 1 N–H and O–H groups in total. The van der Waals surface area contributed by atoms with E-state index < -0.39 is 6.09 Å². The van der Waals surface area contributed by atoms with Gasteiger partial charge in [0.1, 0.15) is 6.61 Å². The van der Waals surface area contributed by atoms with Crippen molar-refractivity contribution in [1.29, 1.82) is 0 Å². The molecule has 0 aromatic heterocycles. The highest BCUT2D eigenvalue weighted by Crippen LogP contribution is 2.37. The van der Waals surface area contributed by atoms with Gasteiger partial charge in [0.25, 0.3) is 0 Å². The van der Waals surface area contributed by atoms with Crippen LogP contribution in [0.4, 0.5) is 10.5 Å². The van der Waals surface area contributed by atoms with Crippen LogP contribution < -0.4 is 5.32 Å². The molecule has 5 nitrogen and oxygen atoms in total. The standard InChI is InChI=1S/C22H26BNO4/c1-21(2)22(3,4)28-23(27-21)15-14-17-10-12-19(13-11-17)24-20(25)26-16-18-8-6-5-7-9-18/h5-15H,16H2,1-4H3,(H,24,25)/b15-14+. The van der Waals surface area contributed by atoms with Crippen LogP contribution >= 0.6 is 0 Å². The number of rotatable bonds is 5. The first-order chi connectivity index (χ1) is 13.2. The number of anilines is 1. The van der Waals surface area contributed by atoms with Crippen molar-refractivity contribution in [2.45, 2.75) is 45.5 Å². The van der Waals surface area contributed by atoms with Gasteiger partial charge in [-0.15, -0.1) is 0 Å². The molecule has 146 valence electrons. The molecule has 1 heterocycles. The lowest BCUT2D eigenvalue weighted by Gasteiger charge is -2.32. The minimum Gasteiger partial charge on any atom is -0.444 e. The van der Waals surface area contributed by atoms with Gasteiger partial charge in [0.2, 0.25) is 0 Å². The Labute approximate surface area is 166 Å². The zero-order valence-electron chi connectivity index (χ0n) is 16.8. The minimum atomic E-state index is -0.482. The summed E-state index contributed by atoms with van der Waals surface area (Å²) in [7, 11) is -0.379. The van der Waals surface area contributed by atoms with Crippen molar-refractivity contribution in [3.8, 4) is 0 Å². The Kier molecular flexibility index (Phi) is 5.91. The number of carbonyl (C=O) groups excluding carboxylic acids is 1. The van der Waals surface area contributed by atoms with Crippen molar-refractivity contribution in [1.82, 2.24) is 0 Å². The molecule has 1 amide bonds. The fraction of sp³-hybridized carbons (Fsp3) is 0.318. The van der Waals surface area contributed by atoms with Crippen LogP contribution in [-0.2, 0) is 20.7 Å². The van der Waals surface area contributed by atoms with Gasteiger partial charge in [-0.25, -0.2) is 4.79 Å². The van der Waals surface area contributed by atoms with Gasteiger partial charge in [-0.3, -0.25) is 5.32 Å². The van der Waals surface area contributed by atoms with Gasteiger partial charge >= 0.3 is 13.2 Å². The number of carbonyl (C=O) groups is 1. The quantitative estimate of drug-likeness (QED) is 0.736. The van der Waals surface area contributed by atoms with Crippen LogP contribution in [0.25, 0.3) is 6.08 Å². The molecule has 28 heavy (non-hydrogen) atoms. The maximum atomic E-state index is 11.9. The SMILES string of the molecule is CC1(C)OB(/C=C/c2ccc(NC(=O)OCc3ccccc3)cc2)OC1(C)C.